The van der Waals surface area contributed by atoms with E-state index < -0.39 is 12.0 Å². The number of carbonyl (C=O) groups excluding carboxylic acids is 3. The molecule has 3 rings (SSSR count). The number of amides is 4. The van der Waals surface area contributed by atoms with E-state index in [1.54, 1.807) is 18.9 Å². The standard InChI is InChI=1S/C23H33N5O4/c1-5-24-22(30)28-13-11-27(12-14-28)15-18-19(21(29)32-6-2)20(25-23(31)26(18)4)17-9-7-16(3)8-10-17/h7-10,20H,5-6,11-15H2,1-4H3,(H,24,30)(H,25,31)/t20-/m0/s1. The normalized spacial score (nSPS) is 19.6. The Kier molecular flexibility index (Phi) is 7.74. The largest absolute Gasteiger partial charge is 0.463 e. The Labute approximate surface area is 189 Å². The molecule has 174 valence electrons. The molecule has 0 unspecified atom stereocenters. The lowest BCUT2D eigenvalue weighted by Gasteiger charge is -2.39. The van der Waals surface area contributed by atoms with Gasteiger partial charge in [0.2, 0.25) is 0 Å². The molecular formula is C23H33N5O4. The first kappa shape index (κ1) is 23.6. The van der Waals surface area contributed by atoms with E-state index in [1.807, 2.05) is 38.1 Å². The number of urea groups is 2. The van der Waals surface area contributed by atoms with Gasteiger partial charge in [0.15, 0.2) is 0 Å². The highest BCUT2D eigenvalue weighted by atomic mass is 16.5. The lowest BCUT2D eigenvalue weighted by atomic mass is 9.93. The van der Waals surface area contributed by atoms with E-state index >= 15 is 0 Å². The van der Waals surface area contributed by atoms with Gasteiger partial charge in [0.25, 0.3) is 0 Å². The van der Waals surface area contributed by atoms with Crippen molar-refractivity contribution in [1.29, 1.82) is 0 Å². The number of likely N-dealkylation sites (N-methyl/N-ethyl adjacent to an activating group) is 1. The predicted octanol–water partition coefficient (Wildman–Crippen LogP) is 1.86. The minimum Gasteiger partial charge on any atom is -0.463 e. The van der Waals surface area contributed by atoms with Crippen LogP contribution in [0.2, 0.25) is 0 Å². The monoisotopic (exact) mass is 443 g/mol. The number of hydrogen-bond acceptors (Lipinski definition) is 5. The molecule has 0 radical (unpaired) electrons. The molecule has 1 atom stereocenters. The van der Waals surface area contributed by atoms with Crippen LogP contribution in [0.5, 0.6) is 0 Å². The van der Waals surface area contributed by atoms with E-state index in [4.69, 9.17) is 4.74 Å². The molecule has 2 heterocycles. The van der Waals surface area contributed by atoms with Crippen molar-refractivity contribution in [3.63, 3.8) is 0 Å². The first-order chi connectivity index (χ1) is 15.3. The topological polar surface area (TPSA) is 94.2 Å². The first-order valence-electron chi connectivity index (χ1n) is 11.1. The fraction of sp³-hybridized carbons (Fsp3) is 0.522. The molecule has 32 heavy (non-hydrogen) atoms. The highest BCUT2D eigenvalue weighted by Gasteiger charge is 2.37. The van der Waals surface area contributed by atoms with E-state index in [1.165, 1.54) is 4.90 Å². The van der Waals surface area contributed by atoms with Gasteiger partial charge in [-0.1, -0.05) is 29.8 Å². The minimum atomic E-state index is -0.579. The predicted molar refractivity (Wildman–Crippen MR) is 121 cm³/mol. The third-order valence-corrected chi connectivity index (χ3v) is 5.84. The second kappa shape index (κ2) is 10.5. The van der Waals surface area contributed by atoms with Crippen LogP contribution in [0.1, 0.15) is 31.0 Å². The van der Waals surface area contributed by atoms with Crippen LogP contribution in [0.3, 0.4) is 0 Å². The number of piperazine rings is 1. The number of nitrogens with zero attached hydrogens (tertiary/aromatic N) is 3. The number of esters is 1. The molecular weight excluding hydrogens is 410 g/mol. The van der Waals surface area contributed by atoms with E-state index in [0.717, 1.165) is 11.1 Å². The summed E-state index contributed by atoms with van der Waals surface area (Å²) in [5, 5.41) is 5.77. The fourth-order valence-electron chi connectivity index (χ4n) is 3.99. The summed E-state index contributed by atoms with van der Waals surface area (Å²) in [7, 11) is 1.67. The average Bonchev–Trinajstić information content (AvgIpc) is 2.78. The van der Waals surface area contributed by atoms with Crippen molar-refractivity contribution in [1.82, 2.24) is 25.3 Å². The summed E-state index contributed by atoms with van der Waals surface area (Å²) >= 11 is 0. The maximum Gasteiger partial charge on any atom is 0.338 e. The number of rotatable bonds is 6. The number of aryl methyl sites for hydroxylation is 1. The van der Waals surface area contributed by atoms with Crippen LogP contribution in [0.4, 0.5) is 9.59 Å². The van der Waals surface area contributed by atoms with Crippen LogP contribution in [0.15, 0.2) is 35.5 Å². The van der Waals surface area contributed by atoms with Gasteiger partial charge >= 0.3 is 18.0 Å². The lowest BCUT2D eigenvalue weighted by Crippen LogP contribution is -2.54. The molecule has 2 aliphatic heterocycles. The van der Waals surface area contributed by atoms with E-state index in [0.29, 0.717) is 50.5 Å². The smallest absolute Gasteiger partial charge is 0.338 e. The summed E-state index contributed by atoms with van der Waals surface area (Å²) in [6, 6.07) is 6.86. The molecule has 1 saturated heterocycles. The third-order valence-electron chi connectivity index (χ3n) is 5.84. The number of hydrogen-bond donors (Lipinski definition) is 2. The number of carbonyl (C=O) groups is 3. The fourth-order valence-corrected chi connectivity index (χ4v) is 3.99. The minimum absolute atomic E-state index is 0.0628. The van der Waals surface area contributed by atoms with Gasteiger partial charge in [-0.05, 0) is 26.3 Å². The molecule has 0 spiro atoms. The van der Waals surface area contributed by atoms with Gasteiger partial charge in [0, 0.05) is 52.0 Å². The molecule has 2 aliphatic rings. The molecule has 4 amide bonds. The highest BCUT2D eigenvalue weighted by Crippen LogP contribution is 2.31. The van der Waals surface area contributed by atoms with Crippen molar-refractivity contribution in [2.75, 3.05) is 52.9 Å². The SMILES string of the molecule is CCNC(=O)N1CCN(CC2=C(C(=O)OCC)[C@H](c3ccc(C)cc3)NC(=O)N2C)CC1. The molecule has 1 aromatic rings. The third kappa shape index (κ3) is 5.21. The molecule has 0 aromatic heterocycles. The Morgan fingerprint density at radius 2 is 1.78 bits per heavy atom. The summed E-state index contributed by atoms with van der Waals surface area (Å²) in [4.78, 5) is 43.3. The molecule has 0 bridgehead atoms. The van der Waals surface area contributed by atoms with E-state index in [2.05, 4.69) is 15.5 Å². The van der Waals surface area contributed by atoms with Crippen LogP contribution < -0.4 is 10.6 Å². The molecule has 0 aliphatic carbocycles. The Bertz CT molecular complexity index is 875. The first-order valence-corrected chi connectivity index (χ1v) is 11.1. The van der Waals surface area contributed by atoms with Gasteiger partial charge in [-0.3, -0.25) is 9.80 Å². The number of ether oxygens (including phenoxy) is 1. The zero-order valence-electron chi connectivity index (χ0n) is 19.3. The summed E-state index contributed by atoms with van der Waals surface area (Å²) in [5.74, 6) is -0.430. The summed E-state index contributed by atoms with van der Waals surface area (Å²) in [6.07, 6.45) is 0. The van der Waals surface area contributed by atoms with Crippen molar-refractivity contribution >= 4 is 18.0 Å². The van der Waals surface area contributed by atoms with Gasteiger partial charge in [-0.15, -0.1) is 0 Å². The Morgan fingerprint density at radius 3 is 2.38 bits per heavy atom. The number of nitrogens with one attached hydrogen (secondary N) is 2. The van der Waals surface area contributed by atoms with Crippen LogP contribution in [0.25, 0.3) is 0 Å². The van der Waals surface area contributed by atoms with E-state index in [9.17, 15) is 14.4 Å². The maximum absolute atomic E-state index is 13.0. The average molecular weight is 444 g/mol. The van der Waals surface area contributed by atoms with Crippen LogP contribution in [-0.4, -0.2) is 85.7 Å². The van der Waals surface area contributed by atoms with Crippen molar-refractivity contribution in [3.8, 4) is 0 Å². The molecule has 1 aromatic carbocycles. The molecule has 1 fully saturated rings. The highest BCUT2D eigenvalue weighted by molar-refractivity contribution is 5.95. The quantitative estimate of drug-likeness (QED) is 0.655. The molecule has 2 N–H and O–H groups in total. The Balaban J connectivity index is 1.88. The van der Waals surface area contributed by atoms with Crippen molar-refractivity contribution < 1.29 is 19.1 Å². The van der Waals surface area contributed by atoms with Gasteiger partial charge in [-0.2, -0.15) is 0 Å². The van der Waals surface area contributed by atoms with Crippen LogP contribution in [0, 0.1) is 6.92 Å². The van der Waals surface area contributed by atoms with Crippen LogP contribution in [-0.2, 0) is 9.53 Å². The second-order valence-electron chi connectivity index (χ2n) is 8.03. The maximum atomic E-state index is 13.0. The summed E-state index contributed by atoms with van der Waals surface area (Å²) in [6.45, 7) is 9.40. The molecule has 0 saturated carbocycles. The number of benzene rings is 1. The zero-order chi connectivity index (χ0) is 23.3. The zero-order valence-corrected chi connectivity index (χ0v) is 19.3. The van der Waals surface area contributed by atoms with Gasteiger partial charge in [0.1, 0.15) is 0 Å². The van der Waals surface area contributed by atoms with Crippen LogP contribution >= 0.6 is 0 Å². The summed E-state index contributed by atoms with van der Waals surface area (Å²) in [5.41, 5.74) is 3.01. The Hall–Kier alpha value is -3.07. The molecule has 9 heteroatoms. The van der Waals surface area contributed by atoms with Gasteiger partial charge < -0.3 is 20.3 Å². The lowest BCUT2D eigenvalue weighted by molar-refractivity contribution is -0.139. The van der Waals surface area contributed by atoms with Crippen molar-refractivity contribution in [3.05, 3.63) is 46.7 Å². The van der Waals surface area contributed by atoms with Gasteiger partial charge in [0.05, 0.1) is 18.2 Å². The van der Waals surface area contributed by atoms with E-state index in [-0.39, 0.29) is 18.7 Å². The van der Waals surface area contributed by atoms with Crippen molar-refractivity contribution in [2.24, 2.45) is 0 Å². The second-order valence-corrected chi connectivity index (χ2v) is 8.03. The summed E-state index contributed by atoms with van der Waals surface area (Å²) < 4.78 is 5.38. The van der Waals surface area contributed by atoms with Crippen molar-refractivity contribution in [2.45, 2.75) is 26.8 Å². The van der Waals surface area contributed by atoms with Gasteiger partial charge in [-0.25, -0.2) is 14.4 Å². The molecule has 9 nitrogen and oxygen atoms in total. The Morgan fingerprint density at radius 1 is 1.12 bits per heavy atom.